The molecule has 0 N–H and O–H groups in total. The van der Waals surface area contributed by atoms with Crippen LogP contribution in [0.5, 0.6) is 11.5 Å². The molecule has 1 aliphatic carbocycles. The largest absolute Gasteiger partial charge is 0.456 e. The molecular formula is C50H34O. The zero-order valence-corrected chi connectivity index (χ0v) is 28.0. The quantitative estimate of drug-likeness (QED) is 0.180. The van der Waals surface area contributed by atoms with Gasteiger partial charge in [-0.2, -0.15) is 0 Å². The van der Waals surface area contributed by atoms with Crippen molar-refractivity contribution in [2.24, 2.45) is 0 Å². The monoisotopic (exact) mass is 650 g/mol. The van der Waals surface area contributed by atoms with Crippen LogP contribution in [0.25, 0.3) is 22.3 Å². The lowest BCUT2D eigenvalue weighted by atomic mass is 9.63. The summed E-state index contributed by atoms with van der Waals surface area (Å²) in [7, 11) is 0. The van der Waals surface area contributed by atoms with Gasteiger partial charge < -0.3 is 4.74 Å². The maximum atomic E-state index is 7.18. The van der Waals surface area contributed by atoms with Crippen LogP contribution in [0, 0.1) is 0 Å². The number of hydrogen-bond acceptors (Lipinski definition) is 1. The summed E-state index contributed by atoms with van der Waals surface area (Å²) in [5.41, 5.74) is 13.4. The molecule has 0 aromatic heterocycles. The molecule has 51 heavy (non-hydrogen) atoms. The average Bonchev–Trinajstić information content (AvgIpc) is 3.52. The second-order valence-electron chi connectivity index (χ2n) is 13.5. The Balaban J connectivity index is 1.34. The Labute approximate surface area is 299 Å². The van der Waals surface area contributed by atoms with Crippen LogP contribution in [0.1, 0.15) is 44.5 Å². The maximum absolute atomic E-state index is 7.18. The van der Waals surface area contributed by atoms with Crippen LogP contribution in [-0.4, -0.2) is 0 Å². The third-order valence-corrected chi connectivity index (χ3v) is 11.1. The van der Waals surface area contributed by atoms with Crippen LogP contribution in [-0.2, 0) is 10.8 Å². The van der Waals surface area contributed by atoms with E-state index in [4.69, 9.17) is 4.74 Å². The third kappa shape index (κ3) is 4.09. The molecule has 0 unspecified atom stereocenters. The summed E-state index contributed by atoms with van der Waals surface area (Å²) in [4.78, 5) is 0. The van der Waals surface area contributed by atoms with E-state index in [1.165, 1.54) is 50.1 Å². The molecule has 1 nitrogen and oxygen atoms in total. The van der Waals surface area contributed by atoms with E-state index in [0.717, 1.165) is 28.2 Å². The van der Waals surface area contributed by atoms with Crippen LogP contribution in [0.3, 0.4) is 0 Å². The number of fused-ring (bicyclic) bond motifs is 5. The molecule has 0 bridgehead atoms. The predicted octanol–water partition coefficient (Wildman–Crippen LogP) is 12.2. The lowest BCUT2D eigenvalue weighted by Crippen LogP contribution is -2.34. The standard InChI is InChI=1S/C50H34O/c1-5-19-35(20-6-1)49(36-21-7-2-8-22-36)44-32-15-16-34-46(44)51-48-42(30-18-33-45(48)49)41-29-17-28-40-39-27-13-14-31-43(39)50(47(40)41,37-23-9-3-10-24-37)38-25-11-4-12-26-38/h1-34H. The highest BCUT2D eigenvalue weighted by Gasteiger charge is 2.49. The lowest BCUT2D eigenvalue weighted by Gasteiger charge is -2.42. The molecule has 2 aliphatic rings. The van der Waals surface area contributed by atoms with E-state index in [2.05, 4.69) is 206 Å². The van der Waals surface area contributed by atoms with Crippen LogP contribution in [0.15, 0.2) is 206 Å². The second-order valence-corrected chi connectivity index (χ2v) is 13.5. The van der Waals surface area contributed by atoms with Crippen molar-refractivity contribution in [2.45, 2.75) is 10.8 Å². The first-order chi connectivity index (χ1) is 25.3. The van der Waals surface area contributed by atoms with E-state index in [1.54, 1.807) is 0 Å². The fourth-order valence-electron chi connectivity index (χ4n) is 9.17. The Hall–Kier alpha value is -6.44. The SMILES string of the molecule is c1ccc(C2(c3ccccc3)c3ccccc3Oc3c(-c4cccc5c4C(c4ccccc4)(c4ccccc4)c4ccccc4-5)cccc32)cc1. The first-order valence-corrected chi connectivity index (χ1v) is 17.7. The Morgan fingerprint density at radius 2 is 0.667 bits per heavy atom. The van der Waals surface area contributed by atoms with Gasteiger partial charge in [0.15, 0.2) is 0 Å². The summed E-state index contributed by atoms with van der Waals surface area (Å²) in [6, 6.07) is 75.0. The van der Waals surface area contributed by atoms with Crippen LogP contribution in [0.4, 0.5) is 0 Å². The fraction of sp³-hybridized carbons (Fsp3) is 0.0400. The summed E-state index contributed by atoms with van der Waals surface area (Å²) in [5.74, 6) is 1.77. The molecule has 0 saturated heterocycles. The van der Waals surface area contributed by atoms with Crippen LogP contribution >= 0.6 is 0 Å². The highest BCUT2D eigenvalue weighted by molar-refractivity contribution is 5.94. The Morgan fingerprint density at radius 3 is 1.25 bits per heavy atom. The summed E-state index contributed by atoms with van der Waals surface area (Å²) < 4.78 is 7.18. The van der Waals surface area contributed by atoms with Crippen LogP contribution in [0.2, 0.25) is 0 Å². The van der Waals surface area contributed by atoms with E-state index in [9.17, 15) is 0 Å². The van der Waals surface area contributed by atoms with Crippen molar-refractivity contribution in [3.8, 4) is 33.8 Å². The van der Waals surface area contributed by atoms with Gasteiger partial charge in [-0.25, -0.2) is 0 Å². The Kier molecular flexibility index (Phi) is 6.69. The number of rotatable bonds is 5. The van der Waals surface area contributed by atoms with Gasteiger partial charge in [-0.15, -0.1) is 0 Å². The number of hydrogen-bond donors (Lipinski definition) is 0. The van der Waals surface area contributed by atoms with E-state index in [1.807, 2.05) is 0 Å². The van der Waals surface area contributed by atoms with Gasteiger partial charge in [0.25, 0.3) is 0 Å². The summed E-state index contributed by atoms with van der Waals surface area (Å²) in [6.07, 6.45) is 0. The third-order valence-electron chi connectivity index (χ3n) is 11.1. The molecule has 0 atom stereocenters. The molecule has 240 valence electrons. The fourth-order valence-corrected chi connectivity index (χ4v) is 9.17. The van der Waals surface area contributed by atoms with Crippen molar-refractivity contribution in [1.82, 2.24) is 0 Å². The van der Waals surface area contributed by atoms with Crippen molar-refractivity contribution in [3.05, 3.63) is 251 Å². The second kappa shape index (κ2) is 11.6. The number of para-hydroxylation sites is 2. The highest BCUT2D eigenvalue weighted by atomic mass is 16.5. The average molecular weight is 651 g/mol. The minimum Gasteiger partial charge on any atom is -0.456 e. The van der Waals surface area contributed by atoms with Crippen molar-refractivity contribution < 1.29 is 4.74 Å². The number of ether oxygens (including phenoxy) is 1. The molecule has 8 aromatic carbocycles. The van der Waals surface area contributed by atoms with Gasteiger partial charge >= 0.3 is 0 Å². The summed E-state index contributed by atoms with van der Waals surface area (Å²) >= 11 is 0. The molecule has 1 heterocycles. The van der Waals surface area contributed by atoms with Gasteiger partial charge in [0, 0.05) is 16.7 Å². The normalized spacial score (nSPS) is 14.4. The van der Waals surface area contributed by atoms with Gasteiger partial charge in [-0.05, 0) is 56.1 Å². The molecule has 0 amide bonds. The Morgan fingerprint density at radius 1 is 0.275 bits per heavy atom. The molecule has 0 spiro atoms. The smallest absolute Gasteiger partial charge is 0.140 e. The Bertz CT molecular complexity index is 2460. The molecule has 0 fully saturated rings. The molecule has 1 heteroatoms. The van der Waals surface area contributed by atoms with E-state index in [-0.39, 0.29) is 0 Å². The maximum Gasteiger partial charge on any atom is 0.140 e. The van der Waals surface area contributed by atoms with Gasteiger partial charge in [0.1, 0.15) is 11.5 Å². The highest BCUT2D eigenvalue weighted by Crippen LogP contribution is 2.62. The van der Waals surface area contributed by atoms with E-state index < -0.39 is 10.8 Å². The lowest BCUT2D eigenvalue weighted by molar-refractivity contribution is 0.436. The van der Waals surface area contributed by atoms with E-state index in [0.29, 0.717) is 0 Å². The van der Waals surface area contributed by atoms with E-state index >= 15 is 0 Å². The summed E-state index contributed by atoms with van der Waals surface area (Å²) in [6.45, 7) is 0. The van der Waals surface area contributed by atoms with Gasteiger partial charge in [-0.1, -0.05) is 200 Å². The predicted molar refractivity (Wildman–Crippen MR) is 208 cm³/mol. The van der Waals surface area contributed by atoms with Crippen molar-refractivity contribution in [1.29, 1.82) is 0 Å². The minimum absolute atomic E-state index is 0.545. The molecule has 1 aliphatic heterocycles. The van der Waals surface area contributed by atoms with Crippen molar-refractivity contribution in [3.63, 3.8) is 0 Å². The van der Waals surface area contributed by atoms with Crippen LogP contribution < -0.4 is 4.74 Å². The van der Waals surface area contributed by atoms with Crippen molar-refractivity contribution >= 4 is 0 Å². The topological polar surface area (TPSA) is 9.23 Å². The molecule has 10 rings (SSSR count). The van der Waals surface area contributed by atoms with Crippen molar-refractivity contribution in [2.75, 3.05) is 0 Å². The first-order valence-electron chi connectivity index (χ1n) is 17.7. The zero-order chi connectivity index (χ0) is 33.8. The zero-order valence-electron chi connectivity index (χ0n) is 28.0. The first kappa shape index (κ1) is 29.5. The van der Waals surface area contributed by atoms with Gasteiger partial charge in [-0.3, -0.25) is 0 Å². The molecular weight excluding hydrogens is 617 g/mol. The molecule has 0 saturated carbocycles. The number of benzene rings is 8. The molecule has 0 radical (unpaired) electrons. The minimum atomic E-state index is -0.598. The van der Waals surface area contributed by atoms with Gasteiger partial charge in [0.05, 0.1) is 10.8 Å². The van der Waals surface area contributed by atoms with Gasteiger partial charge in [0.2, 0.25) is 0 Å². The summed E-state index contributed by atoms with van der Waals surface area (Å²) in [5, 5.41) is 0. The molecule has 8 aromatic rings.